The van der Waals surface area contributed by atoms with Crippen LogP contribution in [-0.4, -0.2) is 28.7 Å². The second-order valence-electron chi connectivity index (χ2n) is 7.85. The number of aryl methyl sites for hydroxylation is 1. The Morgan fingerprint density at radius 2 is 2.03 bits per heavy atom. The summed E-state index contributed by atoms with van der Waals surface area (Å²) in [7, 11) is 0. The number of imide groups is 1. The molecule has 162 valence electrons. The van der Waals surface area contributed by atoms with E-state index in [1.807, 2.05) is 38.1 Å². The lowest BCUT2D eigenvalue weighted by atomic mass is 9.93. The predicted molar refractivity (Wildman–Crippen MR) is 127 cm³/mol. The number of aromatic nitrogens is 1. The number of fused-ring (bicyclic) bond motifs is 2. The average molecular weight is 473 g/mol. The minimum Gasteiger partial charge on any atom is -0.374 e. The highest BCUT2D eigenvalue weighted by Gasteiger charge is 2.43. The summed E-state index contributed by atoms with van der Waals surface area (Å²) in [6.45, 7) is 4.61. The molecule has 3 aromatic rings. The largest absolute Gasteiger partial charge is 0.374 e. The van der Waals surface area contributed by atoms with Gasteiger partial charge in [0.05, 0.1) is 16.3 Å². The van der Waals surface area contributed by atoms with Gasteiger partial charge in [0.2, 0.25) is 11.8 Å². The summed E-state index contributed by atoms with van der Waals surface area (Å²) in [5, 5.41) is 0.359. The Morgan fingerprint density at radius 3 is 2.84 bits per heavy atom. The molecule has 1 fully saturated rings. The number of carbonyl (C=O) groups excluding carboxylic acids is 2. The van der Waals surface area contributed by atoms with Gasteiger partial charge in [0.25, 0.3) is 0 Å². The topological polar surface area (TPSA) is 59.5 Å². The Labute approximate surface area is 193 Å². The van der Waals surface area contributed by atoms with Crippen LogP contribution in [0.15, 0.2) is 28.6 Å². The highest BCUT2D eigenvalue weighted by molar-refractivity contribution is 8.02. The number of thiazole rings is 1. The molecule has 2 unspecified atom stereocenters. The van der Waals surface area contributed by atoms with Gasteiger partial charge >= 0.3 is 0 Å². The highest BCUT2D eigenvalue weighted by Crippen LogP contribution is 2.47. The van der Waals surface area contributed by atoms with Crippen molar-refractivity contribution in [2.75, 3.05) is 11.5 Å². The predicted octanol–water partition coefficient (Wildman–Crippen LogP) is 5.76. The third-order valence-electron chi connectivity index (χ3n) is 5.84. The van der Waals surface area contributed by atoms with Gasteiger partial charge in [0.1, 0.15) is 10.3 Å². The third kappa shape index (κ3) is 3.84. The maximum absolute atomic E-state index is 13.4. The van der Waals surface area contributed by atoms with Crippen LogP contribution >= 0.6 is 34.4 Å². The fourth-order valence-electron chi connectivity index (χ4n) is 4.43. The summed E-state index contributed by atoms with van der Waals surface area (Å²) >= 11 is 4.60. The maximum Gasteiger partial charge on any atom is 0.248 e. The lowest BCUT2D eigenvalue weighted by molar-refractivity contribution is -0.121. The molecule has 0 spiro atoms. The normalized spacial score (nSPS) is 19.9. The summed E-state index contributed by atoms with van der Waals surface area (Å²) < 4.78 is 7.85. The van der Waals surface area contributed by atoms with Gasteiger partial charge in [0.15, 0.2) is 4.34 Å². The number of thiophene rings is 1. The van der Waals surface area contributed by atoms with Crippen molar-refractivity contribution in [2.45, 2.75) is 61.6 Å². The van der Waals surface area contributed by atoms with Crippen molar-refractivity contribution in [1.82, 2.24) is 4.98 Å². The van der Waals surface area contributed by atoms with E-state index in [2.05, 4.69) is 4.98 Å². The van der Waals surface area contributed by atoms with Gasteiger partial charge < -0.3 is 4.74 Å². The van der Waals surface area contributed by atoms with Gasteiger partial charge in [-0.1, -0.05) is 23.9 Å². The van der Waals surface area contributed by atoms with Crippen LogP contribution in [0.3, 0.4) is 0 Å². The molecule has 2 aliphatic rings. The Hall–Kier alpha value is -1.74. The fraction of sp³-hybridized carbons (Fsp3) is 0.435. The number of hydrogen-bond acceptors (Lipinski definition) is 7. The monoisotopic (exact) mass is 472 g/mol. The molecule has 1 saturated heterocycles. The van der Waals surface area contributed by atoms with E-state index in [0.717, 1.165) is 50.8 Å². The molecule has 5 rings (SSSR count). The summed E-state index contributed by atoms with van der Waals surface area (Å²) in [5.74, 6) is -0.245. The minimum atomic E-state index is -0.428. The number of para-hydroxylation sites is 1. The van der Waals surface area contributed by atoms with Crippen molar-refractivity contribution < 1.29 is 14.3 Å². The SMILES string of the molecule is CCOC(C)c1c(N2C(=O)CC(Sc3nc4ccccc4s3)C2=O)sc2c1CCCC2. The average Bonchev–Trinajstić information content (AvgIpc) is 3.41. The smallest absolute Gasteiger partial charge is 0.248 e. The Kier molecular flexibility index (Phi) is 5.90. The van der Waals surface area contributed by atoms with Gasteiger partial charge in [-0.2, -0.15) is 0 Å². The van der Waals surface area contributed by atoms with E-state index in [4.69, 9.17) is 4.74 Å². The molecule has 1 aliphatic carbocycles. The van der Waals surface area contributed by atoms with E-state index in [-0.39, 0.29) is 24.3 Å². The Balaban J connectivity index is 1.46. The van der Waals surface area contributed by atoms with E-state index in [0.29, 0.717) is 6.61 Å². The standard InChI is InChI=1S/C23H24N2O3S3/c1-3-28-13(2)20-14-8-4-6-10-16(14)29-22(20)25-19(26)12-18(21(25)27)31-23-24-15-9-5-7-11-17(15)30-23/h5,7,9,11,13,18H,3-4,6,8,10,12H2,1-2H3. The number of anilines is 1. The highest BCUT2D eigenvalue weighted by atomic mass is 32.2. The molecule has 0 saturated carbocycles. The van der Waals surface area contributed by atoms with Crippen molar-refractivity contribution in [2.24, 2.45) is 0 Å². The van der Waals surface area contributed by atoms with E-state index in [1.54, 1.807) is 22.7 Å². The number of amides is 2. The van der Waals surface area contributed by atoms with Gasteiger partial charge in [-0.15, -0.1) is 22.7 Å². The molecule has 2 atom stereocenters. The number of nitrogens with zero attached hydrogens (tertiary/aromatic N) is 2. The summed E-state index contributed by atoms with van der Waals surface area (Å²) in [6.07, 6.45) is 4.41. The van der Waals surface area contributed by atoms with Gasteiger partial charge in [0, 0.05) is 23.5 Å². The van der Waals surface area contributed by atoms with Crippen LogP contribution in [0.25, 0.3) is 10.2 Å². The first-order valence-corrected chi connectivity index (χ1v) is 13.2. The Bertz CT molecular complexity index is 1120. The number of hydrogen-bond donors (Lipinski definition) is 0. The summed E-state index contributed by atoms with van der Waals surface area (Å²) in [4.78, 5) is 33.8. The van der Waals surface area contributed by atoms with Crippen LogP contribution in [0.5, 0.6) is 0 Å². The van der Waals surface area contributed by atoms with Gasteiger partial charge in [-0.05, 0) is 57.2 Å². The minimum absolute atomic E-state index is 0.118. The van der Waals surface area contributed by atoms with Crippen LogP contribution in [0, 0.1) is 0 Å². The molecule has 0 bridgehead atoms. The molecule has 0 N–H and O–H groups in total. The van der Waals surface area contributed by atoms with Crippen LogP contribution in [0.4, 0.5) is 5.00 Å². The number of benzene rings is 1. The lowest BCUT2D eigenvalue weighted by Crippen LogP contribution is -2.31. The van der Waals surface area contributed by atoms with E-state index in [1.165, 1.54) is 27.1 Å². The fourth-order valence-corrected chi connectivity index (χ4v) is 8.26. The molecule has 5 nitrogen and oxygen atoms in total. The number of rotatable bonds is 6. The van der Waals surface area contributed by atoms with Crippen molar-refractivity contribution in [3.63, 3.8) is 0 Å². The van der Waals surface area contributed by atoms with Crippen LogP contribution in [-0.2, 0) is 27.2 Å². The number of carbonyl (C=O) groups is 2. The second-order valence-corrected chi connectivity index (χ2v) is 11.4. The second kappa shape index (κ2) is 8.65. The maximum atomic E-state index is 13.4. The Morgan fingerprint density at radius 1 is 1.23 bits per heavy atom. The first-order valence-electron chi connectivity index (χ1n) is 10.7. The van der Waals surface area contributed by atoms with Gasteiger partial charge in [-0.3, -0.25) is 9.59 Å². The molecule has 1 aromatic carbocycles. The zero-order valence-corrected chi connectivity index (χ0v) is 20.0. The molecule has 2 aromatic heterocycles. The van der Waals surface area contributed by atoms with Crippen molar-refractivity contribution in [1.29, 1.82) is 0 Å². The quantitative estimate of drug-likeness (QED) is 0.427. The molecular formula is C23H24N2O3S3. The summed E-state index contributed by atoms with van der Waals surface area (Å²) in [5.41, 5.74) is 3.28. The van der Waals surface area contributed by atoms with E-state index < -0.39 is 5.25 Å². The lowest BCUT2D eigenvalue weighted by Gasteiger charge is -2.21. The third-order valence-corrected chi connectivity index (χ3v) is 9.45. The van der Waals surface area contributed by atoms with Crippen LogP contribution in [0.1, 0.15) is 55.2 Å². The molecule has 2 amide bonds. The zero-order valence-electron chi connectivity index (χ0n) is 17.6. The number of thioether (sulfide) groups is 1. The van der Waals surface area contributed by atoms with Gasteiger partial charge in [-0.25, -0.2) is 9.88 Å². The molecule has 8 heteroatoms. The van der Waals surface area contributed by atoms with Crippen molar-refractivity contribution in [3.8, 4) is 0 Å². The number of ether oxygens (including phenoxy) is 1. The van der Waals surface area contributed by atoms with E-state index >= 15 is 0 Å². The van der Waals surface area contributed by atoms with E-state index in [9.17, 15) is 9.59 Å². The van der Waals surface area contributed by atoms with Crippen molar-refractivity contribution in [3.05, 3.63) is 40.3 Å². The van der Waals surface area contributed by atoms with Crippen LogP contribution < -0.4 is 4.90 Å². The molecule has 31 heavy (non-hydrogen) atoms. The van der Waals surface area contributed by atoms with Crippen LogP contribution in [0.2, 0.25) is 0 Å². The first-order chi connectivity index (χ1) is 15.1. The molecule has 1 aliphatic heterocycles. The van der Waals surface area contributed by atoms with Crippen molar-refractivity contribution >= 4 is 61.5 Å². The zero-order chi connectivity index (χ0) is 21.5. The first kappa shape index (κ1) is 21.1. The molecule has 0 radical (unpaired) electrons. The molecule has 3 heterocycles. The molecular weight excluding hydrogens is 448 g/mol. The summed E-state index contributed by atoms with van der Waals surface area (Å²) in [6, 6.07) is 7.95.